The molecule has 1 aliphatic rings. The number of primary sulfonamides is 1. The molecule has 0 aliphatic carbocycles. The van der Waals surface area contributed by atoms with Gasteiger partial charge in [-0.1, -0.05) is 0 Å². The first-order valence-electron chi connectivity index (χ1n) is 11.5. The Morgan fingerprint density at radius 2 is 1.81 bits per heavy atom. The smallest absolute Gasteiger partial charge is 0.238 e. The van der Waals surface area contributed by atoms with E-state index in [9.17, 15) is 8.42 Å². The van der Waals surface area contributed by atoms with E-state index in [1.54, 1.807) is 41.4 Å². The van der Waals surface area contributed by atoms with Gasteiger partial charge in [-0.3, -0.25) is 4.90 Å². The Labute approximate surface area is 206 Å². The highest BCUT2D eigenvalue weighted by Gasteiger charge is 2.20. The van der Waals surface area contributed by atoms with Crippen LogP contribution in [0.3, 0.4) is 0 Å². The highest BCUT2D eigenvalue weighted by Crippen LogP contribution is 2.26. The summed E-state index contributed by atoms with van der Waals surface area (Å²) >= 11 is 0. The van der Waals surface area contributed by atoms with Crippen molar-refractivity contribution in [1.82, 2.24) is 29.0 Å². The summed E-state index contributed by atoms with van der Waals surface area (Å²) < 4.78 is 32.0. The molecular formula is C23H25N9O3S. The average Bonchev–Trinajstić information content (AvgIpc) is 3.62. The third-order valence-electron chi connectivity index (χ3n) is 6.53. The maximum absolute atomic E-state index is 11.5. The second-order valence-electron chi connectivity index (χ2n) is 8.75. The van der Waals surface area contributed by atoms with Crippen molar-refractivity contribution < 1.29 is 12.8 Å². The summed E-state index contributed by atoms with van der Waals surface area (Å²) in [6.45, 7) is 5.03. The number of anilines is 2. The summed E-state index contributed by atoms with van der Waals surface area (Å²) in [7, 11) is -3.68. The van der Waals surface area contributed by atoms with Crippen LogP contribution >= 0.6 is 0 Å². The molecule has 1 aliphatic heterocycles. The molecule has 0 bridgehead atoms. The van der Waals surface area contributed by atoms with Crippen LogP contribution in [0.15, 0.2) is 64.4 Å². The summed E-state index contributed by atoms with van der Waals surface area (Å²) in [4.78, 5) is 13.9. The Balaban J connectivity index is 1.13. The fourth-order valence-corrected chi connectivity index (χ4v) is 5.10. The Morgan fingerprint density at radius 1 is 1.03 bits per heavy atom. The van der Waals surface area contributed by atoms with Gasteiger partial charge in [0.1, 0.15) is 16.7 Å². The van der Waals surface area contributed by atoms with Crippen molar-refractivity contribution >= 4 is 38.3 Å². The Morgan fingerprint density at radius 3 is 2.50 bits per heavy atom. The molecule has 0 atom stereocenters. The molecule has 4 N–H and O–H groups in total. The van der Waals surface area contributed by atoms with Crippen LogP contribution in [0, 0.1) is 0 Å². The highest BCUT2D eigenvalue weighted by atomic mass is 32.2. The lowest BCUT2D eigenvalue weighted by atomic mass is 10.2. The van der Waals surface area contributed by atoms with Crippen LogP contribution in [0.2, 0.25) is 0 Å². The first kappa shape index (κ1) is 22.5. The molecule has 0 spiro atoms. The van der Waals surface area contributed by atoms with Crippen molar-refractivity contribution in [3.63, 3.8) is 0 Å². The monoisotopic (exact) mass is 507 g/mol. The Kier molecular flexibility index (Phi) is 5.39. The van der Waals surface area contributed by atoms with Crippen molar-refractivity contribution in [2.24, 2.45) is 5.14 Å². The van der Waals surface area contributed by atoms with Gasteiger partial charge in [-0.2, -0.15) is 14.6 Å². The maximum Gasteiger partial charge on any atom is 0.238 e. The van der Waals surface area contributed by atoms with E-state index in [2.05, 4.69) is 24.9 Å². The molecule has 1 saturated heterocycles. The molecule has 36 heavy (non-hydrogen) atoms. The standard InChI is InChI=1S/C23H25N9O3S/c24-23-27-22-21(19-14-18(28-32(19)23)20-2-1-13-35-20)26-15-31(22)12-9-29-7-10-30(11-8-29)16-3-5-17(6-4-16)36(25,33)34/h1-6,13-15H,7-12H2,(H2,24,27)(H2,25,33,34). The minimum Gasteiger partial charge on any atom is -0.463 e. The van der Waals surface area contributed by atoms with Gasteiger partial charge in [0.25, 0.3) is 0 Å². The molecule has 0 unspecified atom stereocenters. The zero-order valence-electron chi connectivity index (χ0n) is 19.4. The number of sulfonamides is 1. The number of furan rings is 1. The molecule has 5 heterocycles. The van der Waals surface area contributed by atoms with Crippen molar-refractivity contribution in [2.45, 2.75) is 11.4 Å². The zero-order valence-corrected chi connectivity index (χ0v) is 20.2. The van der Waals surface area contributed by atoms with Crippen LogP contribution in [-0.2, 0) is 16.6 Å². The normalized spacial score (nSPS) is 15.3. The van der Waals surface area contributed by atoms with Gasteiger partial charge in [0.15, 0.2) is 11.4 Å². The van der Waals surface area contributed by atoms with Crippen molar-refractivity contribution in [3.05, 3.63) is 55.1 Å². The first-order valence-corrected chi connectivity index (χ1v) is 13.1. The topological polar surface area (TPSA) is 154 Å². The lowest BCUT2D eigenvalue weighted by Crippen LogP contribution is -2.47. The lowest BCUT2D eigenvalue weighted by Gasteiger charge is -2.36. The number of imidazole rings is 1. The van der Waals surface area contributed by atoms with Gasteiger partial charge < -0.3 is 19.6 Å². The Hall–Kier alpha value is -3.94. The number of fused-ring (bicyclic) bond motifs is 3. The zero-order chi connectivity index (χ0) is 24.9. The molecule has 1 fully saturated rings. The van der Waals surface area contributed by atoms with Crippen LogP contribution in [0.5, 0.6) is 0 Å². The molecule has 0 amide bonds. The molecule has 13 heteroatoms. The third kappa shape index (κ3) is 4.06. The number of rotatable bonds is 6. The van der Waals surface area contributed by atoms with Gasteiger partial charge in [-0.15, -0.1) is 0 Å². The van der Waals surface area contributed by atoms with Crippen molar-refractivity contribution in [3.8, 4) is 11.5 Å². The summed E-state index contributed by atoms with van der Waals surface area (Å²) in [6, 6.07) is 12.3. The van der Waals surface area contributed by atoms with Crippen molar-refractivity contribution in [1.29, 1.82) is 0 Å². The summed E-state index contributed by atoms with van der Waals surface area (Å²) in [6.07, 6.45) is 3.40. The summed E-state index contributed by atoms with van der Waals surface area (Å²) in [5.41, 5.74) is 10.1. The number of aromatic nitrogens is 5. The quantitative estimate of drug-likeness (QED) is 0.347. The molecule has 12 nitrogen and oxygen atoms in total. The largest absolute Gasteiger partial charge is 0.463 e. The van der Waals surface area contributed by atoms with E-state index in [1.165, 1.54) is 0 Å². The minimum atomic E-state index is -3.68. The molecule has 4 aromatic heterocycles. The number of nitrogens with two attached hydrogens (primary N) is 2. The van der Waals surface area contributed by atoms with Gasteiger partial charge in [0.05, 0.1) is 17.5 Å². The second kappa shape index (κ2) is 8.62. The van der Waals surface area contributed by atoms with Gasteiger partial charge in [-0.25, -0.2) is 18.5 Å². The van der Waals surface area contributed by atoms with Crippen LogP contribution < -0.4 is 15.8 Å². The van der Waals surface area contributed by atoms with Gasteiger partial charge in [0.2, 0.25) is 16.0 Å². The SMILES string of the molecule is Nc1nc2c(ncn2CCN2CCN(c3ccc(S(N)(=O)=O)cc3)CC2)c2cc(-c3ccco3)nn12. The molecule has 6 rings (SSSR count). The summed E-state index contributed by atoms with van der Waals surface area (Å²) in [5.74, 6) is 0.948. The van der Waals surface area contributed by atoms with E-state index in [4.69, 9.17) is 15.3 Å². The fraction of sp³-hybridized carbons (Fsp3) is 0.261. The molecule has 1 aromatic carbocycles. The molecule has 0 saturated carbocycles. The molecular weight excluding hydrogens is 482 g/mol. The minimum absolute atomic E-state index is 0.122. The number of hydrogen-bond acceptors (Lipinski definition) is 9. The lowest BCUT2D eigenvalue weighted by molar-refractivity contribution is 0.249. The predicted octanol–water partition coefficient (Wildman–Crippen LogP) is 1.39. The number of piperazine rings is 1. The summed E-state index contributed by atoms with van der Waals surface area (Å²) in [5, 5.41) is 9.71. The van der Waals surface area contributed by atoms with E-state index >= 15 is 0 Å². The highest BCUT2D eigenvalue weighted by molar-refractivity contribution is 7.89. The van der Waals surface area contributed by atoms with Crippen LogP contribution in [0.4, 0.5) is 11.6 Å². The van der Waals surface area contributed by atoms with Gasteiger partial charge in [-0.05, 0) is 42.5 Å². The predicted molar refractivity (Wildman–Crippen MR) is 135 cm³/mol. The average molecular weight is 508 g/mol. The Bertz CT molecular complexity index is 1630. The number of benzene rings is 1. The van der Waals surface area contributed by atoms with Gasteiger partial charge in [0, 0.05) is 45.0 Å². The van der Waals surface area contributed by atoms with E-state index in [0.29, 0.717) is 17.4 Å². The second-order valence-corrected chi connectivity index (χ2v) is 10.3. The third-order valence-corrected chi connectivity index (χ3v) is 7.46. The van der Waals surface area contributed by atoms with Crippen LogP contribution in [-0.4, -0.2) is 70.2 Å². The molecule has 186 valence electrons. The number of hydrogen-bond donors (Lipinski definition) is 2. The first-order chi connectivity index (χ1) is 17.4. The maximum atomic E-state index is 11.5. The van der Waals surface area contributed by atoms with E-state index < -0.39 is 10.0 Å². The van der Waals surface area contributed by atoms with E-state index in [1.807, 2.05) is 22.8 Å². The molecule has 5 aromatic rings. The fourth-order valence-electron chi connectivity index (χ4n) is 4.59. The van der Waals surface area contributed by atoms with E-state index in [-0.39, 0.29) is 4.90 Å². The number of nitrogens with zero attached hydrogens (tertiary/aromatic N) is 7. The van der Waals surface area contributed by atoms with Crippen LogP contribution in [0.1, 0.15) is 0 Å². The molecule has 0 radical (unpaired) electrons. The van der Waals surface area contributed by atoms with Crippen molar-refractivity contribution in [2.75, 3.05) is 43.4 Å². The van der Waals surface area contributed by atoms with E-state index in [0.717, 1.165) is 61.6 Å². The van der Waals surface area contributed by atoms with Crippen LogP contribution in [0.25, 0.3) is 28.1 Å². The number of nitrogen functional groups attached to an aromatic ring is 1. The van der Waals surface area contributed by atoms with Gasteiger partial charge >= 0.3 is 0 Å².